The first-order valence-electron chi connectivity index (χ1n) is 4.24. The van der Waals surface area contributed by atoms with E-state index in [0.29, 0.717) is 10.4 Å². The minimum atomic E-state index is 0.521. The van der Waals surface area contributed by atoms with Crippen molar-refractivity contribution < 1.29 is 0 Å². The van der Waals surface area contributed by atoms with Gasteiger partial charge in [-0.15, -0.1) is 10.2 Å². The zero-order valence-electron chi connectivity index (χ0n) is 8.12. The predicted molar refractivity (Wildman–Crippen MR) is 56.1 cm³/mol. The molecule has 0 aromatic carbocycles. The molecule has 1 aromatic heterocycles. The largest absolute Gasteiger partial charge is 0.299 e. The zero-order chi connectivity index (χ0) is 9.84. The highest BCUT2D eigenvalue weighted by molar-refractivity contribution is 7.15. The van der Waals surface area contributed by atoms with Gasteiger partial charge in [0.2, 0.25) is 4.47 Å². The molecule has 0 aliphatic rings. The van der Waals surface area contributed by atoms with Gasteiger partial charge >= 0.3 is 0 Å². The summed E-state index contributed by atoms with van der Waals surface area (Å²) >= 11 is 7.12. The summed E-state index contributed by atoms with van der Waals surface area (Å²) in [6, 6.07) is 0. The lowest BCUT2D eigenvalue weighted by Crippen LogP contribution is -2.22. The Kier molecular flexibility index (Phi) is 4.09. The Morgan fingerprint density at radius 2 is 2.15 bits per heavy atom. The first-order valence-corrected chi connectivity index (χ1v) is 5.44. The van der Waals surface area contributed by atoms with Crippen LogP contribution in [0.25, 0.3) is 0 Å². The Morgan fingerprint density at radius 1 is 1.46 bits per heavy atom. The monoisotopic (exact) mass is 219 g/mol. The molecule has 0 radical (unpaired) electrons. The van der Waals surface area contributed by atoms with Crippen LogP contribution in [-0.4, -0.2) is 28.7 Å². The lowest BCUT2D eigenvalue weighted by molar-refractivity contribution is 0.287. The Hall–Kier alpha value is -0.190. The summed E-state index contributed by atoms with van der Waals surface area (Å²) in [4.78, 5) is 2.22. The highest BCUT2D eigenvalue weighted by Gasteiger charge is 2.06. The Morgan fingerprint density at radius 3 is 2.62 bits per heavy atom. The lowest BCUT2D eigenvalue weighted by Gasteiger charge is -2.16. The molecule has 3 nitrogen and oxygen atoms in total. The van der Waals surface area contributed by atoms with Crippen LogP contribution >= 0.6 is 22.9 Å². The quantitative estimate of drug-likeness (QED) is 0.778. The van der Waals surface area contributed by atoms with Gasteiger partial charge in [0.15, 0.2) is 0 Å². The second kappa shape index (κ2) is 4.88. The van der Waals surface area contributed by atoms with Gasteiger partial charge in [-0.3, -0.25) is 4.90 Å². The van der Waals surface area contributed by atoms with E-state index in [2.05, 4.69) is 36.0 Å². The molecule has 0 N–H and O–H groups in total. The van der Waals surface area contributed by atoms with Gasteiger partial charge in [0.05, 0.1) is 6.54 Å². The summed E-state index contributed by atoms with van der Waals surface area (Å²) in [5.41, 5.74) is 0. The number of hydrogen-bond donors (Lipinski definition) is 0. The maximum absolute atomic E-state index is 5.68. The molecule has 0 fully saturated rings. The van der Waals surface area contributed by atoms with Crippen molar-refractivity contribution in [2.24, 2.45) is 5.92 Å². The van der Waals surface area contributed by atoms with Crippen molar-refractivity contribution in [3.63, 3.8) is 0 Å². The molecule has 0 amide bonds. The average Bonchev–Trinajstić information content (AvgIpc) is 2.33. The summed E-state index contributed by atoms with van der Waals surface area (Å²) in [5, 5.41) is 8.69. The van der Waals surface area contributed by atoms with E-state index in [1.54, 1.807) is 0 Å². The molecule has 0 spiro atoms. The number of halogens is 1. The van der Waals surface area contributed by atoms with Gasteiger partial charge in [-0.1, -0.05) is 25.2 Å². The van der Waals surface area contributed by atoms with Crippen molar-refractivity contribution in [2.75, 3.05) is 13.6 Å². The molecule has 1 heterocycles. The molecule has 0 aliphatic heterocycles. The van der Waals surface area contributed by atoms with Crippen molar-refractivity contribution >= 4 is 22.9 Å². The van der Waals surface area contributed by atoms with Crippen molar-refractivity contribution in [3.05, 3.63) is 9.47 Å². The minimum Gasteiger partial charge on any atom is -0.299 e. The normalized spacial score (nSPS) is 11.5. The highest BCUT2D eigenvalue weighted by Crippen LogP contribution is 2.16. The Bertz CT molecular complexity index is 262. The van der Waals surface area contributed by atoms with E-state index in [0.717, 1.165) is 18.1 Å². The molecule has 0 saturated heterocycles. The number of nitrogens with zero attached hydrogens (tertiary/aromatic N) is 3. The zero-order valence-corrected chi connectivity index (χ0v) is 9.69. The predicted octanol–water partition coefficient (Wildman–Crippen LogP) is 2.28. The van der Waals surface area contributed by atoms with Gasteiger partial charge in [-0.2, -0.15) is 0 Å². The Labute approximate surface area is 87.7 Å². The molecule has 0 unspecified atom stereocenters. The summed E-state index contributed by atoms with van der Waals surface area (Å²) in [6.45, 7) is 6.30. The summed E-state index contributed by atoms with van der Waals surface area (Å²) in [7, 11) is 2.08. The van der Waals surface area contributed by atoms with Gasteiger partial charge in [0.25, 0.3) is 0 Å². The average molecular weight is 220 g/mol. The van der Waals surface area contributed by atoms with Crippen LogP contribution in [0.15, 0.2) is 0 Å². The third-order valence-corrected chi connectivity index (χ3v) is 2.53. The molecule has 0 bridgehead atoms. The van der Waals surface area contributed by atoms with E-state index >= 15 is 0 Å². The van der Waals surface area contributed by atoms with Gasteiger partial charge in [0.1, 0.15) is 5.01 Å². The van der Waals surface area contributed by atoms with Crippen LogP contribution in [-0.2, 0) is 6.54 Å². The fourth-order valence-electron chi connectivity index (χ4n) is 1.22. The second-order valence-corrected chi connectivity index (χ2v) is 5.18. The number of aromatic nitrogens is 2. The van der Waals surface area contributed by atoms with E-state index in [1.807, 2.05) is 0 Å². The minimum absolute atomic E-state index is 0.521. The highest BCUT2D eigenvalue weighted by atomic mass is 35.5. The first kappa shape index (κ1) is 10.9. The molecule has 13 heavy (non-hydrogen) atoms. The van der Waals surface area contributed by atoms with Gasteiger partial charge in [-0.25, -0.2) is 0 Å². The molecule has 0 saturated carbocycles. The second-order valence-electron chi connectivity index (χ2n) is 3.54. The number of hydrogen-bond acceptors (Lipinski definition) is 4. The van der Waals surface area contributed by atoms with Crippen molar-refractivity contribution in [3.8, 4) is 0 Å². The van der Waals surface area contributed by atoms with E-state index in [9.17, 15) is 0 Å². The van der Waals surface area contributed by atoms with Gasteiger partial charge in [0, 0.05) is 6.54 Å². The molecule has 1 aromatic rings. The van der Waals surface area contributed by atoms with Gasteiger partial charge in [-0.05, 0) is 24.6 Å². The maximum atomic E-state index is 5.68. The summed E-state index contributed by atoms with van der Waals surface area (Å²) in [6.07, 6.45) is 0. The summed E-state index contributed by atoms with van der Waals surface area (Å²) < 4.78 is 0.521. The fourth-order valence-corrected chi connectivity index (χ4v) is 2.16. The van der Waals surface area contributed by atoms with Crippen LogP contribution in [0.1, 0.15) is 18.9 Å². The molecular formula is C8H14ClN3S. The van der Waals surface area contributed by atoms with Crippen LogP contribution in [0.3, 0.4) is 0 Å². The SMILES string of the molecule is CC(C)CN(C)Cc1nnc(Cl)s1. The first-order chi connectivity index (χ1) is 6.08. The van der Waals surface area contributed by atoms with Crippen LogP contribution < -0.4 is 0 Å². The molecule has 0 atom stereocenters. The van der Waals surface area contributed by atoms with Crippen molar-refractivity contribution in [1.29, 1.82) is 0 Å². The summed E-state index contributed by atoms with van der Waals surface area (Å²) in [5.74, 6) is 0.674. The maximum Gasteiger partial charge on any atom is 0.207 e. The van der Waals surface area contributed by atoms with Crippen molar-refractivity contribution in [1.82, 2.24) is 15.1 Å². The van der Waals surface area contributed by atoms with E-state index in [4.69, 9.17) is 11.6 Å². The molecule has 1 rings (SSSR count). The van der Waals surface area contributed by atoms with Crippen LogP contribution in [0.4, 0.5) is 0 Å². The molecular weight excluding hydrogens is 206 g/mol. The third-order valence-electron chi connectivity index (χ3n) is 1.52. The van der Waals surface area contributed by atoms with E-state index < -0.39 is 0 Å². The fraction of sp³-hybridized carbons (Fsp3) is 0.750. The van der Waals surface area contributed by atoms with Crippen LogP contribution in [0.2, 0.25) is 4.47 Å². The molecule has 74 valence electrons. The lowest BCUT2D eigenvalue weighted by atomic mass is 10.2. The molecule has 5 heteroatoms. The van der Waals surface area contributed by atoms with Crippen LogP contribution in [0, 0.1) is 5.92 Å². The smallest absolute Gasteiger partial charge is 0.207 e. The van der Waals surface area contributed by atoms with Crippen molar-refractivity contribution in [2.45, 2.75) is 20.4 Å². The topological polar surface area (TPSA) is 29.0 Å². The Balaban J connectivity index is 2.40. The van der Waals surface area contributed by atoms with E-state index in [1.165, 1.54) is 11.3 Å². The van der Waals surface area contributed by atoms with Gasteiger partial charge < -0.3 is 0 Å². The standard InChI is InChI=1S/C8H14ClN3S/c1-6(2)4-12(3)5-7-10-11-8(9)13-7/h6H,4-5H2,1-3H3. The number of rotatable bonds is 4. The van der Waals surface area contributed by atoms with E-state index in [-0.39, 0.29) is 0 Å². The third kappa shape index (κ3) is 4.02. The van der Waals surface area contributed by atoms with Crippen LogP contribution in [0.5, 0.6) is 0 Å². The molecule has 0 aliphatic carbocycles.